The van der Waals surface area contributed by atoms with E-state index in [9.17, 15) is 9.59 Å². The number of imidazole rings is 1. The number of para-hydroxylation sites is 2. The van der Waals surface area contributed by atoms with Crippen molar-refractivity contribution < 1.29 is 14.3 Å². The third-order valence-corrected chi connectivity index (χ3v) is 7.75. The van der Waals surface area contributed by atoms with Gasteiger partial charge in [0.2, 0.25) is 11.8 Å². The highest BCUT2D eigenvalue weighted by Crippen LogP contribution is 2.30. The second-order valence-electron chi connectivity index (χ2n) is 10.6. The fourth-order valence-corrected chi connectivity index (χ4v) is 5.82. The van der Waals surface area contributed by atoms with Crippen LogP contribution >= 0.6 is 0 Å². The number of fused-ring (bicyclic) bond motifs is 1. The maximum Gasteiger partial charge on any atom is 0.224 e. The van der Waals surface area contributed by atoms with E-state index in [2.05, 4.69) is 22.0 Å². The summed E-state index contributed by atoms with van der Waals surface area (Å²) in [5.74, 6) is 1.89. The Hall–Kier alpha value is -2.45. The second-order valence-corrected chi connectivity index (χ2v) is 10.6. The minimum atomic E-state index is -0.369. The third-order valence-electron chi connectivity index (χ3n) is 7.75. The average molecular weight is 498 g/mol. The number of hydrogen-bond acceptors (Lipinski definition) is 5. The van der Waals surface area contributed by atoms with Gasteiger partial charge in [-0.05, 0) is 50.2 Å². The average Bonchev–Trinajstić information content (AvgIpc) is 3.27. The Balaban J connectivity index is 1.31. The molecule has 0 spiro atoms. The highest BCUT2D eigenvalue weighted by Gasteiger charge is 2.29. The lowest BCUT2D eigenvalue weighted by molar-refractivity contribution is -0.133. The van der Waals surface area contributed by atoms with Crippen LogP contribution in [0.1, 0.15) is 76.0 Å². The van der Waals surface area contributed by atoms with Crippen molar-refractivity contribution in [3.8, 4) is 0 Å². The molecular weight excluding hydrogens is 454 g/mol. The molecule has 2 atom stereocenters. The zero-order valence-electron chi connectivity index (χ0n) is 21.8. The molecule has 1 aromatic carbocycles. The number of amides is 2. The molecule has 1 aromatic heterocycles. The van der Waals surface area contributed by atoms with Crippen LogP contribution in [0, 0.1) is 5.92 Å². The summed E-state index contributed by atoms with van der Waals surface area (Å²) in [5, 5.41) is 2.96. The molecule has 8 nitrogen and oxygen atoms in total. The summed E-state index contributed by atoms with van der Waals surface area (Å²) < 4.78 is 7.58. The molecule has 2 aromatic rings. The predicted molar refractivity (Wildman–Crippen MR) is 142 cm³/mol. The standard InChI is InChI=1S/C28H43N5O3/c1-36-16-8-15-33-25-13-6-5-12-24(25)31-28(33)22-11-7-14-32(20-22)27(35)18-23(29)19-30-26(34)17-21-9-3-2-4-10-21/h5-6,12-13,21-23H,2-4,7-11,14-20,29H2,1H3,(H,30,34). The lowest BCUT2D eigenvalue weighted by atomic mass is 9.87. The predicted octanol–water partition coefficient (Wildman–Crippen LogP) is 3.58. The van der Waals surface area contributed by atoms with Crippen molar-refractivity contribution in [1.82, 2.24) is 19.8 Å². The normalized spacial score (nSPS) is 19.9. The van der Waals surface area contributed by atoms with E-state index in [4.69, 9.17) is 15.5 Å². The maximum atomic E-state index is 13.1. The molecule has 8 heteroatoms. The van der Waals surface area contributed by atoms with Crippen LogP contribution in [0.15, 0.2) is 24.3 Å². The van der Waals surface area contributed by atoms with Crippen LogP contribution in [0.3, 0.4) is 0 Å². The number of rotatable bonds is 11. The molecule has 2 amide bonds. The first-order valence-corrected chi connectivity index (χ1v) is 13.8. The molecule has 198 valence electrons. The monoisotopic (exact) mass is 497 g/mol. The van der Waals surface area contributed by atoms with Crippen molar-refractivity contribution in [2.45, 2.75) is 82.7 Å². The highest BCUT2D eigenvalue weighted by atomic mass is 16.5. The fraction of sp³-hybridized carbons (Fsp3) is 0.679. The largest absolute Gasteiger partial charge is 0.385 e. The number of piperidine rings is 1. The van der Waals surface area contributed by atoms with Crippen LogP contribution in [-0.2, 0) is 20.9 Å². The van der Waals surface area contributed by atoms with Crippen LogP contribution < -0.4 is 11.1 Å². The number of nitrogens with two attached hydrogens (primary N) is 1. The van der Waals surface area contributed by atoms with Crippen molar-refractivity contribution >= 4 is 22.8 Å². The van der Waals surface area contributed by atoms with Gasteiger partial charge in [0.05, 0.1) is 11.0 Å². The number of aromatic nitrogens is 2. The Morgan fingerprint density at radius 1 is 1.17 bits per heavy atom. The van der Waals surface area contributed by atoms with E-state index in [0.29, 0.717) is 32.0 Å². The maximum absolute atomic E-state index is 13.1. The van der Waals surface area contributed by atoms with Gasteiger partial charge in [-0.2, -0.15) is 0 Å². The van der Waals surface area contributed by atoms with E-state index in [-0.39, 0.29) is 30.2 Å². The summed E-state index contributed by atoms with van der Waals surface area (Å²) >= 11 is 0. The second kappa shape index (κ2) is 13.2. The molecule has 3 N–H and O–H groups in total. The zero-order chi connectivity index (χ0) is 25.3. The number of ether oxygens (including phenoxy) is 1. The van der Waals surface area contributed by atoms with E-state index >= 15 is 0 Å². The number of carbonyl (C=O) groups excluding carboxylic acids is 2. The first-order chi connectivity index (χ1) is 17.5. The molecule has 0 bridgehead atoms. The Bertz CT molecular complexity index is 1000. The minimum Gasteiger partial charge on any atom is -0.385 e. The smallest absolute Gasteiger partial charge is 0.224 e. The van der Waals surface area contributed by atoms with E-state index in [1.165, 1.54) is 19.3 Å². The van der Waals surface area contributed by atoms with E-state index in [1.807, 2.05) is 17.0 Å². The SMILES string of the molecule is COCCCn1c(C2CCCN(C(=O)CC(N)CNC(=O)CC3CCCCC3)C2)nc2ccccc21. The summed E-state index contributed by atoms with van der Waals surface area (Å²) in [6, 6.07) is 7.87. The molecular formula is C28H43N5O3. The first-order valence-electron chi connectivity index (χ1n) is 13.8. The molecule has 2 unspecified atom stereocenters. The summed E-state index contributed by atoms with van der Waals surface area (Å²) in [6.07, 6.45) is 9.75. The minimum absolute atomic E-state index is 0.0650. The Labute approximate surface area is 214 Å². The molecule has 1 aliphatic carbocycles. The van der Waals surface area contributed by atoms with E-state index < -0.39 is 0 Å². The number of benzene rings is 1. The molecule has 1 aliphatic heterocycles. The van der Waals surface area contributed by atoms with Gasteiger partial charge in [-0.3, -0.25) is 9.59 Å². The molecule has 2 fully saturated rings. The summed E-state index contributed by atoms with van der Waals surface area (Å²) in [5.41, 5.74) is 8.40. The van der Waals surface area contributed by atoms with Gasteiger partial charge in [0.15, 0.2) is 0 Å². The molecule has 0 radical (unpaired) electrons. The van der Waals surface area contributed by atoms with Gasteiger partial charge in [-0.15, -0.1) is 0 Å². The van der Waals surface area contributed by atoms with Crippen molar-refractivity contribution in [2.24, 2.45) is 11.7 Å². The van der Waals surface area contributed by atoms with Crippen LogP contribution in [0.5, 0.6) is 0 Å². The third kappa shape index (κ3) is 7.07. The summed E-state index contributed by atoms with van der Waals surface area (Å²) in [4.78, 5) is 32.3. The van der Waals surface area contributed by atoms with E-state index in [0.717, 1.165) is 62.1 Å². The Morgan fingerprint density at radius 3 is 2.78 bits per heavy atom. The number of likely N-dealkylation sites (tertiary alicyclic amines) is 1. The van der Waals surface area contributed by atoms with Gasteiger partial charge in [-0.25, -0.2) is 4.98 Å². The zero-order valence-corrected chi connectivity index (χ0v) is 21.8. The summed E-state index contributed by atoms with van der Waals surface area (Å²) in [7, 11) is 1.73. The van der Waals surface area contributed by atoms with Crippen molar-refractivity contribution in [2.75, 3.05) is 33.4 Å². The van der Waals surface area contributed by atoms with Gasteiger partial charge in [-0.1, -0.05) is 31.4 Å². The molecule has 36 heavy (non-hydrogen) atoms. The van der Waals surface area contributed by atoms with Crippen molar-refractivity contribution in [3.63, 3.8) is 0 Å². The molecule has 4 rings (SSSR count). The lowest BCUT2D eigenvalue weighted by Crippen LogP contribution is -2.45. The Kier molecular flexibility index (Phi) is 9.75. The van der Waals surface area contributed by atoms with Crippen molar-refractivity contribution in [3.05, 3.63) is 30.1 Å². The van der Waals surface area contributed by atoms with E-state index in [1.54, 1.807) is 7.11 Å². The highest BCUT2D eigenvalue weighted by molar-refractivity contribution is 5.78. The quantitative estimate of drug-likeness (QED) is 0.462. The number of hydrogen-bond donors (Lipinski definition) is 2. The number of aryl methyl sites for hydroxylation is 1. The molecule has 2 aliphatic rings. The van der Waals surface area contributed by atoms with Gasteiger partial charge in [0.1, 0.15) is 5.82 Å². The number of nitrogens with one attached hydrogen (secondary N) is 1. The summed E-state index contributed by atoms with van der Waals surface area (Å²) in [6.45, 7) is 3.31. The number of carbonyl (C=O) groups is 2. The number of nitrogens with zero attached hydrogens (tertiary/aromatic N) is 3. The van der Waals surface area contributed by atoms with Crippen molar-refractivity contribution in [1.29, 1.82) is 0 Å². The Morgan fingerprint density at radius 2 is 1.97 bits per heavy atom. The topological polar surface area (TPSA) is 102 Å². The van der Waals surface area contributed by atoms with Gasteiger partial charge >= 0.3 is 0 Å². The van der Waals surface area contributed by atoms with Crippen LogP contribution in [-0.4, -0.2) is 65.7 Å². The first kappa shape index (κ1) is 26.6. The van der Waals surface area contributed by atoms with Crippen LogP contribution in [0.25, 0.3) is 11.0 Å². The van der Waals surface area contributed by atoms with Gasteiger partial charge in [0.25, 0.3) is 0 Å². The molecule has 1 saturated heterocycles. The lowest BCUT2D eigenvalue weighted by Gasteiger charge is -2.33. The van der Waals surface area contributed by atoms with Gasteiger partial charge in [0, 0.05) is 64.7 Å². The molecule has 2 heterocycles. The molecule has 1 saturated carbocycles. The van der Waals surface area contributed by atoms with Crippen LogP contribution in [0.4, 0.5) is 0 Å². The number of methoxy groups -OCH3 is 1. The fourth-order valence-electron chi connectivity index (χ4n) is 5.82. The van der Waals surface area contributed by atoms with Gasteiger partial charge < -0.3 is 25.3 Å². The van der Waals surface area contributed by atoms with Crippen LogP contribution in [0.2, 0.25) is 0 Å².